The van der Waals surface area contributed by atoms with Crippen molar-refractivity contribution in [2.24, 2.45) is 0 Å². The number of likely N-dealkylation sites (tertiary alicyclic amines) is 1. The van der Waals surface area contributed by atoms with Gasteiger partial charge in [0.2, 0.25) is 5.91 Å². The average Bonchev–Trinajstić information content (AvgIpc) is 2.62. The van der Waals surface area contributed by atoms with Crippen LogP contribution in [0.2, 0.25) is 0 Å². The Morgan fingerprint density at radius 1 is 1.32 bits per heavy atom. The molecule has 0 radical (unpaired) electrons. The van der Waals surface area contributed by atoms with E-state index in [0.29, 0.717) is 13.0 Å². The molecule has 0 aromatic carbocycles. The molecule has 106 valence electrons. The summed E-state index contributed by atoms with van der Waals surface area (Å²) in [6.07, 6.45) is 3.33. The highest BCUT2D eigenvalue weighted by Crippen LogP contribution is 2.28. The molecule has 0 aromatic rings. The first-order valence-electron chi connectivity index (χ1n) is 6.10. The van der Waals surface area contributed by atoms with E-state index in [4.69, 9.17) is 4.74 Å². The fourth-order valence-electron chi connectivity index (χ4n) is 1.94. The Hall–Kier alpha value is -1.85. The second kappa shape index (κ2) is 6.36. The number of esters is 2. The quantitative estimate of drug-likeness (QED) is 0.541. The van der Waals surface area contributed by atoms with Gasteiger partial charge in [0.15, 0.2) is 0 Å². The SMILES string of the molecule is COC(=O)/C=C/C(=O)OCCN1C(=O)CCC1(C)C. The van der Waals surface area contributed by atoms with E-state index in [2.05, 4.69) is 4.74 Å². The van der Waals surface area contributed by atoms with Crippen LogP contribution in [0.4, 0.5) is 0 Å². The van der Waals surface area contributed by atoms with E-state index in [1.54, 1.807) is 4.90 Å². The van der Waals surface area contributed by atoms with Crippen molar-refractivity contribution in [1.29, 1.82) is 0 Å². The molecule has 0 aliphatic carbocycles. The lowest BCUT2D eigenvalue weighted by Gasteiger charge is -2.31. The maximum atomic E-state index is 11.6. The molecule has 0 saturated carbocycles. The summed E-state index contributed by atoms with van der Waals surface area (Å²) in [5.41, 5.74) is -0.189. The topological polar surface area (TPSA) is 72.9 Å². The molecule has 19 heavy (non-hydrogen) atoms. The first-order chi connectivity index (χ1) is 8.86. The Labute approximate surface area is 112 Å². The predicted molar refractivity (Wildman–Crippen MR) is 67.1 cm³/mol. The van der Waals surface area contributed by atoms with E-state index in [1.807, 2.05) is 13.8 Å². The Bertz CT molecular complexity index is 400. The van der Waals surface area contributed by atoms with Gasteiger partial charge >= 0.3 is 11.9 Å². The third-order valence-electron chi connectivity index (χ3n) is 3.10. The Morgan fingerprint density at radius 3 is 2.47 bits per heavy atom. The Morgan fingerprint density at radius 2 is 1.95 bits per heavy atom. The van der Waals surface area contributed by atoms with E-state index in [9.17, 15) is 14.4 Å². The van der Waals surface area contributed by atoms with Gasteiger partial charge in [0.05, 0.1) is 13.7 Å². The van der Waals surface area contributed by atoms with Crippen molar-refractivity contribution in [1.82, 2.24) is 4.90 Å². The zero-order chi connectivity index (χ0) is 14.5. The lowest BCUT2D eigenvalue weighted by molar-refractivity contribution is -0.141. The zero-order valence-corrected chi connectivity index (χ0v) is 11.5. The van der Waals surface area contributed by atoms with Gasteiger partial charge in [-0.1, -0.05) is 0 Å². The summed E-state index contributed by atoms with van der Waals surface area (Å²) < 4.78 is 9.25. The van der Waals surface area contributed by atoms with Gasteiger partial charge in [-0.3, -0.25) is 4.79 Å². The Balaban J connectivity index is 2.34. The molecule has 6 heteroatoms. The number of amides is 1. The lowest BCUT2D eigenvalue weighted by atomic mass is 10.0. The van der Waals surface area contributed by atoms with Crippen molar-refractivity contribution in [2.75, 3.05) is 20.3 Å². The van der Waals surface area contributed by atoms with Gasteiger partial charge in [-0.05, 0) is 20.3 Å². The van der Waals surface area contributed by atoms with Gasteiger partial charge < -0.3 is 14.4 Å². The van der Waals surface area contributed by atoms with Crippen LogP contribution in [-0.2, 0) is 23.9 Å². The minimum absolute atomic E-state index is 0.0751. The van der Waals surface area contributed by atoms with E-state index in [-0.39, 0.29) is 18.1 Å². The number of hydrogen-bond donors (Lipinski definition) is 0. The third kappa shape index (κ3) is 4.39. The molecular formula is C13H19NO5. The van der Waals surface area contributed by atoms with Crippen LogP contribution in [0.5, 0.6) is 0 Å². The van der Waals surface area contributed by atoms with Gasteiger partial charge in [-0.2, -0.15) is 0 Å². The smallest absolute Gasteiger partial charge is 0.331 e. The van der Waals surface area contributed by atoms with Crippen molar-refractivity contribution >= 4 is 17.8 Å². The number of nitrogens with zero attached hydrogens (tertiary/aromatic N) is 1. The highest BCUT2D eigenvalue weighted by Gasteiger charge is 2.37. The fraction of sp³-hybridized carbons (Fsp3) is 0.615. The third-order valence-corrected chi connectivity index (χ3v) is 3.10. The molecule has 1 aliphatic rings. The van der Waals surface area contributed by atoms with Crippen molar-refractivity contribution in [3.63, 3.8) is 0 Å². The highest BCUT2D eigenvalue weighted by molar-refractivity contribution is 5.91. The summed E-state index contributed by atoms with van der Waals surface area (Å²) in [6.45, 7) is 4.44. The number of carbonyl (C=O) groups excluding carboxylic acids is 3. The second-order valence-electron chi connectivity index (χ2n) is 4.88. The van der Waals surface area contributed by atoms with Gasteiger partial charge in [-0.25, -0.2) is 9.59 Å². The molecule has 0 N–H and O–H groups in total. The van der Waals surface area contributed by atoms with Gasteiger partial charge in [0.1, 0.15) is 6.61 Å². The molecule has 0 unspecified atom stereocenters. The number of hydrogen-bond acceptors (Lipinski definition) is 5. The van der Waals surface area contributed by atoms with Crippen LogP contribution in [0.25, 0.3) is 0 Å². The minimum atomic E-state index is -0.630. The summed E-state index contributed by atoms with van der Waals surface area (Å²) in [6, 6.07) is 0. The molecule has 1 fully saturated rings. The van der Waals surface area contributed by atoms with Crippen molar-refractivity contribution in [3.05, 3.63) is 12.2 Å². The standard InChI is InChI=1S/C13H19NO5/c1-13(2)7-6-10(15)14(13)8-9-19-12(17)5-4-11(16)18-3/h4-5H,6-9H2,1-3H3/b5-4+. The number of carbonyl (C=O) groups is 3. The largest absolute Gasteiger partial charge is 0.466 e. The van der Waals surface area contributed by atoms with Crippen LogP contribution < -0.4 is 0 Å². The second-order valence-corrected chi connectivity index (χ2v) is 4.88. The molecular weight excluding hydrogens is 250 g/mol. The summed E-state index contributed by atoms with van der Waals surface area (Å²) in [4.78, 5) is 35.4. The number of methoxy groups -OCH3 is 1. The molecule has 1 heterocycles. The first-order valence-corrected chi connectivity index (χ1v) is 6.10. The van der Waals surface area contributed by atoms with Crippen molar-refractivity contribution in [2.45, 2.75) is 32.2 Å². The highest BCUT2D eigenvalue weighted by atomic mass is 16.5. The maximum Gasteiger partial charge on any atom is 0.331 e. The summed E-state index contributed by atoms with van der Waals surface area (Å²) in [5, 5.41) is 0. The average molecular weight is 269 g/mol. The molecule has 1 amide bonds. The van der Waals surface area contributed by atoms with Gasteiger partial charge in [0.25, 0.3) is 0 Å². The van der Waals surface area contributed by atoms with Gasteiger partial charge in [0, 0.05) is 24.1 Å². The summed E-state index contributed by atoms with van der Waals surface area (Å²) >= 11 is 0. The summed E-state index contributed by atoms with van der Waals surface area (Å²) in [7, 11) is 1.22. The van der Waals surface area contributed by atoms with Crippen LogP contribution >= 0.6 is 0 Å². The molecule has 1 saturated heterocycles. The predicted octanol–water partition coefficient (Wildman–Crippen LogP) is 0.660. The van der Waals surface area contributed by atoms with Gasteiger partial charge in [-0.15, -0.1) is 0 Å². The number of rotatable bonds is 5. The minimum Gasteiger partial charge on any atom is -0.466 e. The van der Waals surface area contributed by atoms with Crippen LogP contribution in [0.15, 0.2) is 12.2 Å². The molecule has 1 rings (SSSR count). The molecule has 6 nitrogen and oxygen atoms in total. The van der Waals surface area contributed by atoms with E-state index >= 15 is 0 Å². The fourth-order valence-corrected chi connectivity index (χ4v) is 1.94. The zero-order valence-electron chi connectivity index (χ0n) is 11.5. The molecule has 1 aliphatic heterocycles. The van der Waals surface area contributed by atoms with E-state index < -0.39 is 11.9 Å². The van der Waals surface area contributed by atoms with Crippen LogP contribution in [0.3, 0.4) is 0 Å². The maximum absolute atomic E-state index is 11.6. The van der Waals surface area contributed by atoms with Crippen LogP contribution in [0, 0.1) is 0 Å². The summed E-state index contributed by atoms with van der Waals surface area (Å²) in [5.74, 6) is -1.17. The molecule has 0 bridgehead atoms. The lowest BCUT2D eigenvalue weighted by Crippen LogP contribution is -2.42. The molecule has 0 atom stereocenters. The van der Waals surface area contributed by atoms with Crippen LogP contribution in [0.1, 0.15) is 26.7 Å². The van der Waals surface area contributed by atoms with E-state index in [1.165, 1.54) is 7.11 Å². The van der Waals surface area contributed by atoms with Crippen LogP contribution in [-0.4, -0.2) is 48.5 Å². The first kappa shape index (κ1) is 15.2. The monoisotopic (exact) mass is 269 g/mol. The molecule has 0 spiro atoms. The van der Waals surface area contributed by atoms with E-state index in [0.717, 1.165) is 18.6 Å². The number of ether oxygens (including phenoxy) is 2. The normalized spacial score (nSPS) is 17.8. The van der Waals surface area contributed by atoms with Crippen molar-refractivity contribution in [3.8, 4) is 0 Å². The Kier molecular flexibility index (Phi) is 5.09. The molecule has 0 aromatic heterocycles. The van der Waals surface area contributed by atoms with Crippen molar-refractivity contribution < 1.29 is 23.9 Å².